The highest BCUT2D eigenvalue weighted by Gasteiger charge is 2.28. The molecule has 0 saturated heterocycles. The normalized spacial score (nSPS) is 14.5. The largest absolute Gasteiger partial charge is 0.395 e. The molecule has 19 heavy (non-hydrogen) atoms. The molecule has 0 aromatic carbocycles. The maximum absolute atomic E-state index is 8.78. The van der Waals surface area contributed by atoms with Crippen LogP contribution >= 0.6 is 11.3 Å². The number of nitrogens with zero attached hydrogens (tertiary/aromatic N) is 1. The average molecular weight is 277 g/mol. The first-order valence-electron chi connectivity index (χ1n) is 7.25. The molecule has 0 atom stereocenters. The van der Waals surface area contributed by atoms with Crippen molar-refractivity contribution in [3.63, 3.8) is 0 Å². The predicted octanol–water partition coefficient (Wildman–Crippen LogP) is 3.25. The van der Waals surface area contributed by atoms with Crippen LogP contribution in [-0.4, -0.2) is 29.2 Å². The van der Waals surface area contributed by atoms with Crippen LogP contribution in [0.4, 0.5) is 0 Å². The van der Waals surface area contributed by atoms with Crippen LogP contribution in [0.25, 0.3) is 0 Å². The van der Waals surface area contributed by atoms with Gasteiger partial charge >= 0.3 is 0 Å². The third-order valence-corrected chi connectivity index (χ3v) is 4.32. The summed E-state index contributed by atoms with van der Waals surface area (Å²) in [5.41, 5.74) is 1.15. The second kappa shape index (κ2) is 7.69. The molecule has 104 valence electrons. The fourth-order valence-electron chi connectivity index (χ4n) is 2.16. The van der Waals surface area contributed by atoms with E-state index in [1.807, 2.05) is 11.3 Å². The standard InChI is InChI=1S/C16H23NOS/c1-2-3-10-17(15-7-8-15)13-16-14(9-12-19-16)6-4-5-11-18/h9,12,15,18H,2-3,5,7-8,10-11,13H2,1H3. The molecule has 3 heteroatoms. The molecule has 0 bridgehead atoms. The molecule has 0 unspecified atom stereocenters. The van der Waals surface area contributed by atoms with Gasteiger partial charge in [0.25, 0.3) is 0 Å². The Morgan fingerprint density at radius 3 is 3.00 bits per heavy atom. The van der Waals surface area contributed by atoms with Crippen LogP contribution < -0.4 is 0 Å². The highest BCUT2D eigenvalue weighted by atomic mass is 32.1. The molecule has 1 N–H and O–H groups in total. The lowest BCUT2D eigenvalue weighted by molar-refractivity contribution is 0.253. The molecule has 1 aliphatic rings. The summed E-state index contributed by atoms with van der Waals surface area (Å²) in [5, 5.41) is 10.9. The van der Waals surface area contributed by atoms with Crippen LogP contribution in [0.2, 0.25) is 0 Å². The molecule has 0 radical (unpaired) electrons. The third-order valence-electron chi connectivity index (χ3n) is 3.41. The van der Waals surface area contributed by atoms with Gasteiger partial charge in [-0.2, -0.15) is 0 Å². The van der Waals surface area contributed by atoms with E-state index in [0.717, 1.165) is 18.2 Å². The lowest BCUT2D eigenvalue weighted by Crippen LogP contribution is -2.26. The molecular weight excluding hydrogens is 254 g/mol. The lowest BCUT2D eigenvalue weighted by Gasteiger charge is -2.21. The molecular formula is C16H23NOS. The van der Waals surface area contributed by atoms with Crippen molar-refractivity contribution in [2.45, 2.75) is 51.6 Å². The second-order valence-corrected chi connectivity index (χ2v) is 6.09. The Kier molecular flexibility index (Phi) is 5.91. The summed E-state index contributed by atoms with van der Waals surface area (Å²) in [7, 11) is 0. The van der Waals surface area contributed by atoms with Crippen molar-refractivity contribution in [3.05, 3.63) is 21.9 Å². The molecule has 2 nitrogen and oxygen atoms in total. The van der Waals surface area contributed by atoms with Crippen LogP contribution in [0, 0.1) is 11.8 Å². The topological polar surface area (TPSA) is 23.5 Å². The van der Waals surface area contributed by atoms with Gasteiger partial charge in [-0.05, 0) is 37.3 Å². The van der Waals surface area contributed by atoms with Gasteiger partial charge < -0.3 is 5.11 Å². The molecule has 1 saturated carbocycles. The minimum absolute atomic E-state index is 0.150. The van der Waals surface area contributed by atoms with Gasteiger partial charge in [0.1, 0.15) is 0 Å². The smallest absolute Gasteiger partial charge is 0.0540 e. The monoisotopic (exact) mass is 277 g/mol. The Balaban J connectivity index is 1.97. The van der Waals surface area contributed by atoms with E-state index in [2.05, 4.69) is 35.1 Å². The molecule has 0 spiro atoms. The number of aliphatic hydroxyl groups excluding tert-OH is 1. The van der Waals surface area contributed by atoms with Crippen molar-refractivity contribution in [2.75, 3.05) is 13.2 Å². The zero-order valence-corrected chi connectivity index (χ0v) is 12.5. The van der Waals surface area contributed by atoms with Crippen LogP contribution in [0.5, 0.6) is 0 Å². The minimum atomic E-state index is 0.150. The maximum Gasteiger partial charge on any atom is 0.0540 e. The first-order valence-corrected chi connectivity index (χ1v) is 8.13. The number of thiophene rings is 1. The molecule has 1 aromatic rings. The molecule has 0 aliphatic heterocycles. The van der Waals surface area contributed by atoms with E-state index in [9.17, 15) is 0 Å². The Morgan fingerprint density at radius 2 is 2.32 bits per heavy atom. The second-order valence-electron chi connectivity index (χ2n) is 5.09. The van der Waals surface area contributed by atoms with Gasteiger partial charge in [-0.15, -0.1) is 11.3 Å². The Morgan fingerprint density at radius 1 is 1.47 bits per heavy atom. The van der Waals surface area contributed by atoms with Gasteiger partial charge in [-0.1, -0.05) is 25.2 Å². The van der Waals surface area contributed by atoms with Gasteiger partial charge in [0, 0.05) is 29.4 Å². The quantitative estimate of drug-likeness (QED) is 0.773. The molecule has 1 aliphatic carbocycles. The Hall–Kier alpha value is -0.820. The number of rotatable bonds is 7. The maximum atomic E-state index is 8.78. The predicted molar refractivity (Wildman–Crippen MR) is 81.2 cm³/mol. The first-order chi connectivity index (χ1) is 9.35. The Bertz CT molecular complexity index is 439. The molecule has 0 amide bonds. The molecule has 1 heterocycles. The zero-order chi connectivity index (χ0) is 13.5. The fourth-order valence-corrected chi connectivity index (χ4v) is 3.02. The van der Waals surface area contributed by atoms with Gasteiger partial charge in [0.15, 0.2) is 0 Å². The van der Waals surface area contributed by atoms with Crippen molar-refractivity contribution in [1.82, 2.24) is 4.90 Å². The van der Waals surface area contributed by atoms with Crippen molar-refractivity contribution in [3.8, 4) is 11.8 Å². The first kappa shape index (κ1) is 14.6. The lowest BCUT2D eigenvalue weighted by atomic mass is 10.2. The molecule has 1 fully saturated rings. The van der Waals surface area contributed by atoms with Crippen LogP contribution in [0.3, 0.4) is 0 Å². The van der Waals surface area contributed by atoms with Crippen molar-refractivity contribution < 1.29 is 5.11 Å². The van der Waals surface area contributed by atoms with Crippen LogP contribution in [0.1, 0.15) is 49.5 Å². The summed E-state index contributed by atoms with van der Waals surface area (Å²) in [4.78, 5) is 4.00. The van der Waals surface area contributed by atoms with E-state index < -0.39 is 0 Å². The number of aliphatic hydroxyl groups is 1. The van der Waals surface area contributed by atoms with E-state index >= 15 is 0 Å². The average Bonchev–Trinajstić information content (AvgIpc) is 3.17. The van der Waals surface area contributed by atoms with Crippen molar-refractivity contribution in [1.29, 1.82) is 0 Å². The van der Waals surface area contributed by atoms with Gasteiger partial charge in [-0.25, -0.2) is 0 Å². The number of hydrogen-bond donors (Lipinski definition) is 1. The summed E-state index contributed by atoms with van der Waals surface area (Å²) in [6.45, 7) is 4.66. The zero-order valence-electron chi connectivity index (χ0n) is 11.7. The van der Waals surface area contributed by atoms with E-state index in [-0.39, 0.29) is 6.61 Å². The van der Waals surface area contributed by atoms with Crippen LogP contribution in [-0.2, 0) is 6.54 Å². The SMILES string of the molecule is CCCCN(Cc1sccc1C#CCCO)C1CC1. The Labute approximate surface area is 120 Å². The van der Waals surface area contributed by atoms with E-state index in [1.54, 1.807) is 0 Å². The minimum Gasteiger partial charge on any atom is -0.395 e. The third kappa shape index (κ3) is 4.65. The molecule has 2 rings (SSSR count). The summed E-state index contributed by atoms with van der Waals surface area (Å²) < 4.78 is 0. The van der Waals surface area contributed by atoms with Crippen molar-refractivity contribution in [2.24, 2.45) is 0 Å². The summed E-state index contributed by atoms with van der Waals surface area (Å²) >= 11 is 1.81. The highest BCUT2D eigenvalue weighted by molar-refractivity contribution is 7.10. The van der Waals surface area contributed by atoms with Crippen LogP contribution in [0.15, 0.2) is 11.4 Å². The van der Waals surface area contributed by atoms with E-state index in [0.29, 0.717) is 6.42 Å². The van der Waals surface area contributed by atoms with E-state index in [1.165, 1.54) is 37.1 Å². The number of hydrogen-bond acceptors (Lipinski definition) is 3. The van der Waals surface area contributed by atoms with Gasteiger partial charge in [-0.3, -0.25) is 4.90 Å². The number of unbranched alkanes of at least 4 members (excludes halogenated alkanes) is 1. The van der Waals surface area contributed by atoms with E-state index in [4.69, 9.17) is 5.11 Å². The van der Waals surface area contributed by atoms with Gasteiger partial charge in [0.2, 0.25) is 0 Å². The highest BCUT2D eigenvalue weighted by Crippen LogP contribution is 2.30. The summed E-state index contributed by atoms with van der Waals surface area (Å²) in [6, 6.07) is 2.92. The van der Waals surface area contributed by atoms with Crippen molar-refractivity contribution >= 4 is 11.3 Å². The van der Waals surface area contributed by atoms with Gasteiger partial charge in [0.05, 0.1) is 6.61 Å². The molecule has 1 aromatic heterocycles. The fraction of sp³-hybridized carbons (Fsp3) is 0.625. The summed E-state index contributed by atoms with van der Waals surface area (Å²) in [6.07, 6.45) is 5.84. The summed E-state index contributed by atoms with van der Waals surface area (Å²) in [5.74, 6) is 6.22.